The highest BCUT2D eigenvalue weighted by Crippen LogP contribution is 2.16. The van der Waals surface area contributed by atoms with Gasteiger partial charge in [0.05, 0.1) is 13.2 Å². The summed E-state index contributed by atoms with van der Waals surface area (Å²) < 4.78 is 5.27. The third-order valence-corrected chi connectivity index (χ3v) is 2.47. The van der Waals surface area contributed by atoms with Gasteiger partial charge in [0, 0.05) is 26.2 Å². The van der Waals surface area contributed by atoms with Crippen LogP contribution in [0.3, 0.4) is 0 Å². The van der Waals surface area contributed by atoms with Crippen LogP contribution >= 0.6 is 0 Å². The Hall–Kier alpha value is -1.87. The quantitative estimate of drug-likeness (QED) is 0.524. The normalized spacial score (nSPS) is 15.6. The Morgan fingerprint density at radius 2 is 2.19 bits per heavy atom. The number of hydrogen-bond acceptors (Lipinski definition) is 6. The van der Waals surface area contributed by atoms with E-state index < -0.39 is 0 Å². The lowest BCUT2D eigenvalue weighted by Crippen LogP contribution is -2.36. The highest BCUT2D eigenvalue weighted by atomic mass is 16.5. The topological polar surface area (TPSA) is 65.3 Å². The minimum Gasteiger partial charge on any atom is -0.378 e. The van der Waals surface area contributed by atoms with Crippen molar-refractivity contribution in [1.82, 2.24) is 9.97 Å². The van der Waals surface area contributed by atoms with E-state index in [1.54, 1.807) is 7.05 Å². The largest absolute Gasteiger partial charge is 0.378 e. The second kappa shape index (κ2) is 4.77. The van der Waals surface area contributed by atoms with Crippen LogP contribution in [-0.2, 0) is 4.74 Å². The number of rotatable bonds is 2. The maximum atomic E-state index is 8.77. The monoisotopic (exact) mass is 219 g/mol. The number of morpholine rings is 1. The molecule has 1 aromatic rings. The molecular weight excluding hydrogens is 206 g/mol. The molecule has 1 fully saturated rings. The maximum Gasteiger partial charge on any atom is 0.185 e. The van der Waals surface area contributed by atoms with E-state index in [0.29, 0.717) is 19.0 Å². The van der Waals surface area contributed by atoms with Gasteiger partial charge < -0.3 is 9.64 Å². The van der Waals surface area contributed by atoms with E-state index in [1.807, 2.05) is 12.3 Å². The van der Waals surface area contributed by atoms with Crippen molar-refractivity contribution < 1.29 is 4.74 Å². The second-order valence-corrected chi connectivity index (χ2v) is 3.49. The van der Waals surface area contributed by atoms with Crippen LogP contribution in [-0.4, -0.2) is 43.3 Å². The predicted molar refractivity (Wildman–Crippen MR) is 59.1 cm³/mol. The van der Waals surface area contributed by atoms with Crippen LogP contribution in [0.4, 0.5) is 11.6 Å². The molecule has 1 aliphatic heterocycles. The van der Waals surface area contributed by atoms with Gasteiger partial charge in [0.15, 0.2) is 6.19 Å². The summed E-state index contributed by atoms with van der Waals surface area (Å²) in [4.78, 5) is 11.8. The van der Waals surface area contributed by atoms with Gasteiger partial charge in [0.2, 0.25) is 0 Å². The zero-order chi connectivity index (χ0) is 11.4. The number of anilines is 2. The molecule has 2 heterocycles. The zero-order valence-electron chi connectivity index (χ0n) is 9.13. The smallest absolute Gasteiger partial charge is 0.185 e. The first kappa shape index (κ1) is 10.6. The van der Waals surface area contributed by atoms with E-state index >= 15 is 0 Å². The van der Waals surface area contributed by atoms with E-state index in [0.717, 1.165) is 18.9 Å². The lowest BCUT2D eigenvalue weighted by atomic mass is 10.4. The minimum atomic E-state index is 0.610. The van der Waals surface area contributed by atoms with Crippen molar-refractivity contribution in [2.24, 2.45) is 0 Å². The van der Waals surface area contributed by atoms with Crippen LogP contribution in [0.25, 0.3) is 0 Å². The summed E-state index contributed by atoms with van der Waals surface area (Å²) in [5.41, 5.74) is 0. The number of aromatic nitrogens is 2. The molecule has 1 aromatic heterocycles. The van der Waals surface area contributed by atoms with Gasteiger partial charge in [-0.1, -0.05) is 0 Å². The number of nitrogens with zero attached hydrogens (tertiary/aromatic N) is 5. The van der Waals surface area contributed by atoms with Gasteiger partial charge >= 0.3 is 0 Å². The molecule has 0 spiro atoms. The highest BCUT2D eigenvalue weighted by molar-refractivity contribution is 5.51. The second-order valence-electron chi connectivity index (χ2n) is 3.49. The first-order chi connectivity index (χ1) is 7.81. The number of ether oxygens (including phenoxy) is 1. The molecule has 0 N–H and O–H groups in total. The zero-order valence-corrected chi connectivity index (χ0v) is 9.13. The number of hydrogen-bond donors (Lipinski definition) is 0. The first-order valence-electron chi connectivity index (χ1n) is 5.09. The van der Waals surface area contributed by atoms with E-state index in [2.05, 4.69) is 14.9 Å². The first-order valence-corrected chi connectivity index (χ1v) is 5.09. The van der Waals surface area contributed by atoms with E-state index in [9.17, 15) is 0 Å². The summed E-state index contributed by atoms with van der Waals surface area (Å²) in [7, 11) is 1.67. The Kier molecular flexibility index (Phi) is 3.17. The Bertz CT molecular complexity index is 396. The maximum absolute atomic E-state index is 8.77. The fourth-order valence-corrected chi connectivity index (χ4v) is 1.54. The Labute approximate surface area is 94.1 Å². The average molecular weight is 219 g/mol. The Morgan fingerprint density at radius 1 is 1.44 bits per heavy atom. The van der Waals surface area contributed by atoms with E-state index in [4.69, 9.17) is 10.00 Å². The molecule has 16 heavy (non-hydrogen) atoms. The van der Waals surface area contributed by atoms with Crippen molar-refractivity contribution in [3.8, 4) is 6.19 Å². The standard InChI is InChI=1S/C10H13N5O/c1-14(7-11)9-6-10(13-8-12-9)15-2-4-16-5-3-15/h6,8H,2-5H2,1H3. The van der Waals surface area contributed by atoms with Crippen LogP contribution in [0.15, 0.2) is 12.4 Å². The van der Waals surface area contributed by atoms with Gasteiger partial charge in [-0.3, -0.25) is 4.90 Å². The molecule has 0 unspecified atom stereocenters. The molecule has 0 aromatic carbocycles. The van der Waals surface area contributed by atoms with Crippen LogP contribution < -0.4 is 9.80 Å². The fraction of sp³-hybridized carbons (Fsp3) is 0.500. The van der Waals surface area contributed by atoms with Gasteiger partial charge in [0.25, 0.3) is 0 Å². The molecule has 1 saturated heterocycles. The SMILES string of the molecule is CN(C#N)c1cc(N2CCOCC2)ncn1. The summed E-state index contributed by atoms with van der Waals surface area (Å²) in [6, 6.07) is 1.81. The minimum absolute atomic E-state index is 0.610. The van der Waals surface area contributed by atoms with E-state index in [1.165, 1.54) is 11.2 Å². The summed E-state index contributed by atoms with van der Waals surface area (Å²) in [5, 5.41) is 8.77. The van der Waals surface area contributed by atoms with Crippen molar-refractivity contribution in [2.45, 2.75) is 0 Å². The van der Waals surface area contributed by atoms with Gasteiger partial charge in [-0.15, -0.1) is 0 Å². The molecule has 2 rings (SSSR count). The Balaban J connectivity index is 2.18. The van der Waals surface area contributed by atoms with Crippen molar-refractivity contribution >= 4 is 11.6 Å². The molecular formula is C10H13N5O. The molecule has 6 nitrogen and oxygen atoms in total. The van der Waals surface area contributed by atoms with E-state index in [-0.39, 0.29) is 0 Å². The van der Waals surface area contributed by atoms with Gasteiger partial charge in [0.1, 0.15) is 18.0 Å². The van der Waals surface area contributed by atoms with Crippen molar-refractivity contribution in [1.29, 1.82) is 5.26 Å². The molecule has 84 valence electrons. The number of nitriles is 1. The summed E-state index contributed by atoms with van der Waals surface area (Å²) >= 11 is 0. The average Bonchev–Trinajstić information content (AvgIpc) is 2.39. The van der Waals surface area contributed by atoms with Crippen LogP contribution in [0.2, 0.25) is 0 Å². The molecule has 0 aliphatic carbocycles. The lowest BCUT2D eigenvalue weighted by Gasteiger charge is -2.27. The summed E-state index contributed by atoms with van der Waals surface area (Å²) in [5.74, 6) is 1.45. The van der Waals surface area contributed by atoms with Crippen molar-refractivity contribution in [3.05, 3.63) is 12.4 Å². The molecule has 0 amide bonds. The summed E-state index contributed by atoms with van der Waals surface area (Å²) in [6.07, 6.45) is 3.49. The molecule has 0 atom stereocenters. The van der Waals surface area contributed by atoms with Crippen LogP contribution in [0, 0.1) is 11.5 Å². The molecule has 6 heteroatoms. The van der Waals surface area contributed by atoms with Crippen LogP contribution in [0.5, 0.6) is 0 Å². The molecule has 0 saturated carbocycles. The predicted octanol–water partition coefficient (Wildman–Crippen LogP) is 0.230. The summed E-state index contributed by atoms with van der Waals surface area (Å²) in [6.45, 7) is 3.08. The van der Waals surface area contributed by atoms with Gasteiger partial charge in [-0.05, 0) is 0 Å². The molecule has 0 radical (unpaired) electrons. The van der Waals surface area contributed by atoms with Gasteiger partial charge in [-0.2, -0.15) is 5.26 Å². The highest BCUT2D eigenvalue weighted by Gasteiger charge is 2.13. The third kappa shape index (κ3) is 2.20. The molecule has 0 bridgehead atoms. The van der Waals surface area contributed by atoms with Crippen molar-refractivity contribution in [3.63, 3.8) is 0 Å². The Morgan fingerprint density at radius 3 is 2.88 bits per heavy atom. The van der Waals surface area contributed by atoms with Crippen LogP contribution in [0.1, 0.15) is 0 Å². The third-order valence-electron chi connectivity index (χ3n) is 2.47. The fourth-order valence-electron chi connectivity index (χ4n) is 1.54. The van der Waals surface area contributed by atoms with Crippen molar-refractivity contribution in [2.75, 3.05) is 43.2 Å². The lowest BCUT2D eigenvalue weighted by molar-refractivity contribution is 0.122. The molecule has 1 aliphatic rings. The van der Waals surface area contributed by atoms with Gasteiger partial charge in [-0.25, -0.2) is 9.97 Å².